The van der Waals surface area contributed by atoms with Gasteiger partial charge >= 0.3 is 0 Å². The summed E-state index contributed by atoms with van der Waals surface area (Å²) in [4.78, 5) is 18.0. The Labute approximate surface area is 166 Å². The fraction of sp³-hybridized carbons (Fsp3) is 0.667. The van der Waals surface area contributed by atoms with Crippen molar-refractivity contribution in [2.24, 2.45) is 0 Å². The van der Waals surface area contributed by atoms with Crippen molar-refractivity contribution in [2.75, 3.05) is 26.1 Å². The van der Waals surface area contributed by atoms with Gasteiger partial charge in [-0.25, -0.2) is 0 Å². The molecule has 2 aliphatic rings. The quantitative estimate of drug-likeness (QED) is 0.730. The van der Waals surface area contributed by atoms with Crippen LogP contribution in [-0.2, 0) is 9.53 Å². The van der Waals surface area contributed by atoms with E-state index in [2.05, 4.69) is 31.0 Å². The zero-order valence-electron chi connectivity index (χ0n) is 16.9. The van der Waals surface area contributed by atoms with Gasteiger partial charge in [0.05, 0.1) is 10.6 Å². The standard InChI is InChI=1S/C21H32N2O3S/c1-14(12-16-10-11-19(24)23(16)3)22(2)17-13-18(15-8-6-5-7-9-15)27-20(17)21(25)26-4/h12-15,21,25H,5-11H2,1-4H3/b16-12+. The molecule has 6 heteroatoms. The van der Waals surface area contributed by atoms with Gasteiger partial charge in [-0.05, 0) is 44.2 Å². The molecule has 1 saturated heterocycles. The van der Waals surface area contributed by atoms with Crippen LogP contribution in [0.15, 0.2) is 17.8 Å². The minimum absolute atomic E-state index is 0.116. The number of anilines is 1. The molecule has 1 aliphatic carbocycles. The van der Waals surface area contributed by atoms with E-state index in [-0.39, 0.29) is 11.9 Å². The summed E-state index contributed by atoms with van der Waals surface area (Å²) in [7, 11) is 5.44. The number of hydrogen-bond donors (Lipinski definition) is 1. The number of aliphatic hydroxyl groups excluding tert-OH is 1. The summed E-state index contributed by atoms with van der Waals surface area (Å²) in [6.45, 7) is 2.13. The predicted molar refractivity (Wildman–Crippen MR) is 110 cm³/mol. The zero-order chi connectivity index (χ0) is 19.6. The third-order valence-corrected chi connectivity index (χ3v) is 7.36. The Morgan fingerprint density at radius 3 is 2.63 bits per heavy atom. The summed E-state index contributed by atoms with van der Waals surface area (Å²) < 4.78 is 5.24. The molecular weight excluding hydrogens is 360 g/mol. The van der Waals surface area contributed by atoms with Crippen LogP contribution in [-0.4, -0.2) is 43.2 Å². The minimum atomic E-state index is -0.902. The van der Waals surface area contributed by atoms with Gasteiger partial charge < -0.3 is 19.6 Å². The molecule has 1 N–H and O–H groups in total. The number of thiophene rings is 1. The maximum absolute atomic E-state index is 11.8. The van der Waals surface area contributed by atoms with Crippen molar-refractivity contribution in [3.63, 3.8) is 0 Å². The van der Waals surface area contributed by atoms with Gasteiger partial charge in [0.2, 0.25) is 5.91 Å². The molecule has 0 bridgehead atoms. The second kappa shape index (κ2) is 8.76. The highest BCUT2D eigenvalue weighted by molar-refractivity contribution is 7.12. The highest BCUT2D eigenvalue weighted by atomic mass is 32.1. The molecule has 3 rings (SSSR count). The fourth-order valence-corrected chi connectivity index (χ4v) is 5.43. The third kappa shape index (κ3) is 4.39. The Balaban J connectivity index is 1.85. The normalized spacial score (nSPS) is 22.5. The van der Waals surface area contributed by atoms with E-state index in [0.29, 0.717) is 12.3 Å². The maximum Gasteiger partial charge on any atom is 0.226 e. The number of ether oxygens (including phenoxy) is 1. The molecule has 5 nitrogen and oxygen atoms in total. The minimum Gasteiger partial charge on any atom is -0.367 e. The molecule has 0 radical (unpaired) electrons. The van der Waals surface area contributed by atoms with Crippen LogP contribution in [0.4, 0.5) is 5.69 Å². The molecule has 1 aromatic heterocycles. The Morgan fingerprint density at radius 2 is 2.04 bits per heavy atom. The molecule has 27 heavy (non-hydrogen) atoms. The molecular formula is C21H32N2O3S. The number of rotatable bonds is 6. The van der Waals surface area contributed by atoms with Crippen molar-refractivity contribution >= 4 is 22.9 Å². The Kier molecular flexibility index (Phi) is 6.61. The van der Waals surface area contributed by atoms with Crippen LogP contribution in [0.2, 0.25) is 0 Å². The number of nitrogens with zero attached hydrogens (tertiary/aromatic N) is 2. The van der Waals surface area contributed by atoms with Crippen LogP contribution in [0.5, 0.6) is 0 Å². The Bertz CT molecular complexity index is 694. The number of likely N-dealkylation sites (N-methyl/N-ethyl adjacent to an activating group) is 1. The molecule has 2 heterocycles. The average Bonchev–Trinajstić information content (AvgIpc) is 3.27. The van der Waals surface area contributed by atoms with Gasteiger partial charge in [0.25, 0.3) is 0 Å². The van der Waals surface area contributed by atoms with E-state index in [1.807, 2.05) is 7.05 Å². The Hall–Kier alpha value is -1.37. The molecule has 2 atom stereocenters. The van der Waals surface area contributed by atoms with Gasteiger partial charge in [-0.2, -0.15) is 0 Å². The van der Waals surface area contributed by atoms with Crippen molar-refractivity contribution in [1.29, 1.82) is 0 Å². The van der Waals surface area contributed by atoms with E-state index < -0.39 is 6.29 Å². The second-order valence-corrected chi connectivity index (χ2v) is 8.90. The number of methoxy groups -OCH3 is 1. The van der Waals surface area contributed by atoms with Crippen molar-refractivity contribution < 1.29 is 14.6 Å². The van der Waals surface area contributed by atoms with Gasteiger partial charge in [-0.15, -0.1) is 11.3 Å². The largest absolute Gasteiger partial charge is 0.367 e. The second-order valence-electron chi connectivity index (χ2n) is 7.78. The van der Waals surface area contributed by atoms with E-state index >= 15 is 0 Å². The zero-order valence-corrected chi connectivity index (χ0v) is 17.7. The summed E-state index contributed by atoms with van der Waals surface area (Å²) in [6.07, 6.45) is 9.04. The fourth-order valence-electron chi connectivity index (χ4n) is 4.10. The first-order chi connectivity index (χ1) is 12.9. The van der Waals surface area contributed by atoms with Crippen molar-refractivity contribution in [3.05, 3.63) is 27.6 Å². The topological polar surface area (TPSA) is 53.0 Å². The number of likely N-dealkylation sites (tertiary alicyclic amines) is 1. The first-order valence-corrected chi connectivity index (χ1v) is 10.8. The van der Waals surface area contributed by atoms with Gasteiger partial charge in [-0.3, -0.25) is 4.79 Å². The highest BCUT2D eigenvalue weighted by Gasteiger charge is 2.27. The number of allylic oxidation sites excluding steroid dienone is 1. The number of amides is 1. The van der Waals surface area contributed by atoms with Gasteiger partial charge in [0.1, 0.15) is 0 Å². The number of carbonyl (C=O) groups excluding carboxylic acids is 1. The van der Waals surface area contributed by atoms with Crippen molar-refractivity contribution in [1.82, 2.24) is 4.90 Å². The summed E-state index contributed by atoms with van der Waals surface area (Å²) in [5.74, 6) is 0.780. The van der Waals surface area contributed by atoms with E-state index in [4.69, 9.17) is 4.74 Å². The van der Waals surface area contributed by atoms with Crippen LogP contribution in [0.3, 0.4) is 0 Å². The molecule has 1 aromatic rings. The molecule has 1 saturated carbocycles. The number of carbonyl (C=O) groups is 1. The van der Waals surface area contributed by atoms with Crippen LogP contribution >= 0.6 is 11.3 Å². The van der Waals surface area contributed by atoms with Crippen LogP contribution < -0.4 is 4.90 Å². The van der Waals surface area contributed by atoms with Gasteiger partial charge in [0.15, 0.2) is 6.29 Å². The lowest BCUT2D eigenvalue weighted by Gasteiger charge is -2.27. The van der Waals surface area contributed by atoms with Crippen molar-refractivity contribution in [3.8, 4) is 0 Å². The Morgan fingerprint density at radius 1 is 1.33 bits per heavy atom. The lowest BCUT2D eigenvalue weighted by molar-refractivity contribution is -0.125. The van der Waals surface area contributed by atoms with Gasteiger partial charge in [0, 0.05) is 44.2 Å². The molecule has 0 aromatic carbocycles. The predicted octanol–water partition coefficient (Wildman–Crippen LogP) is 4.39. The first-order valence-electron chi connectivity index (χ1n) is 9.97. The van der Waals surface area contributed by atoms with E-state index in [1.54, 1.807) is 23.3 Å². The summed E-state index contributed by atoms with van der Waals surface area (Å²) >= 11 is 1.69. The summed E-state index contributed by atoms with van der Waals surface area (Å²) in [6, 6.07) is 2.36. The van der Waals surface area contributed by atoms with Gasteiger partial charge in [-0.1, -0.05) is 19.3 Å². The van der Waals surface area contributed by atoms with Crippen molar-refractivity contribution in [2.45, 2.75) is 70.1 Å². The monoisotopic (exact) mass is 392 g/mol. The first kappa shape index (κ1) is 20.4. The van der Waals surface area contributed by atoms with E-state index in [1.165, 1.54) is 37.0 Å². The maximum atomic E-state index is 11.8. The lowest BCUT2D eigenvalue weighted by atomic mass is 9.88. The molecule has 2 unspecified atom stereocenters. The highest BCUT2D eigenvalue weighted by Crippen LogP contribution is 2.43. The third-order valence-electron chi connectivity index (χ3n) is 6.04. The molecule has 1 aliphatic heterocycles. The molecule has 150 valence electrons. The SMILES string of the molecule is COC(O)c1sc(C2CCCCC2)cc1N(C)C(C)/C=C1\CCC(=O)N1C. The molecule has 1 amide bonds. The lowest BCUT2D eigenvalue weighted by Crippen LogP contribution is -2.29. The van der Waals surface area contributed by atoms with Crippen LogP contribution in [0.25, 0.3) is 0 Å². The van der Waals surface area contributed by atoms with Crippen LogP contribution in [0.1, 0.15) is 73.8 Å². The number of hydrogen-bond acceptors (Lipinski definition) is 5. The smallest absolute Gasteiger partial charge is 0.226 e. The summed E-state index contributed by atoms with van der Waals surface area (Å²) in [5.41, 5.74) is 2.11. The molecule has 2 fully saturated rings. The average molecular weight is 393 g/mol. The summed E-state index contributed by atoms with van der Waals surface area (Å²) in [5, 5.41) is 10.4. The molecule has 0 spiro atoms. The van der Waals surface area contributed by atoms with Crippen LogP contribution in [0, 0.1) is 0 Å². The number of aliphatic hydroxyl groups is 1. The van der Waals surface area contributed by atoms with E-state index in [0.717, 1.165) is 22.7 Å². The van der Waals surface area contributed by atoms with E-state index in [9.17, 15) is 9.90 Å².